The van der Waals surface area contributed by atoms with Crippen molar-refractivity contribution >= 4 is 9.52 Å². The van der Waals surface area contributed by atoms with Crippen molar-refractivity contribution < 1.29 is 51.0 Å². The molecule has 0 saturated heterocycles. The van der Waals surface area contributed by atoms with Gasteiger partial charge in [0.25, 0.3) is 0 Å². The van der Waals surface area contributed by atoms with E-state index >= 15 is 0 Å². The van der Waals surface area contributed by atoms with Crippen LogP contribution >= 0.6 is 0 Å². The third kappa shape index (κ3) is 26.1. The summed E-state index contributed by atoms with van der Waals surface area (Å²) in [6, 6.07) is 1.29. The van der Waals surface area contributed by atoms with E-state index in [-0.39, 0.29) is 51.0 Å². The van der Waals surface area contributed by atoms with Gasteiger partial charge < -0.3 is 24.8 Å². The molecule has 0 aliphatic carbocycles. The summed E-state index contributed by atoms with van der Waals surface area (Å²) in [5.74, 6) is 0. The molecule has 0 amide bonds. The summed E-state index contributed by atoms with van der Waals surface area (Å²) >= 11 is 0. The molecule has 0 N–H and O–H groups in total. The van der Waals surface area contributed by atoms with Crippen molar-refractivity contribution in [2.24, 2.45) is 0 Å². The van der Waals surface area contributed by atoms with Crippen LogP contribution in [0.5, 0.6) is 0 Å². The Morgan fingerprint density at radius 1 is 1.50 bits per heavy atom. The minimum absolute atomic E-state index is 0. The van der Waals surface area contributed by atoms with Crippen LogP contribution in [0.2, 0.25) is 12.6 Å². The van der Waals surface area contributed by atoms with E-state index < -0.39 is 0 Å². The van der Waals surface area contributed by atoms with E-state index in [9.17, 15) is 0 Å². The fourth-order valence-corrected chi connectivity index (χ4v) is 0.612. The average molecular weight is 248 g/mol. The Kier molecular flexibility index (Phi) is 67.4. The summed E-state index contributed by atoms with van der Waals surface area (Å²) in [4.78, 5) is 0. The molecule has 0 unspecified atom stereocenters. The van der Waals surface area contributed by atoms with Crippen molar-refractivity contribution in [1.82, 2.24) is 0 Å². The minimum Gasteiger partial charge on any atom is -1.00 e. The Bertz CT molecular complexity index is 35.2. The predicted molar refractivity (Wildman–Crippen MR) is 29.4 cm³/mol. The summed E-state index contributed by atoms with van der Waals surface area (Å²) in [6.07, 6.45) is 1.99. The molecule has 0 atom stereocenters. The van der Waals surface area contributed by atoms with Gasteiger partial charge >= 0.3 is 26.2 Å². The van der Waals surface area contributed by atoms with Gasteiger partial charge in [0.1, 0.15) is 0 Å². The average Bonchev–Trinajstić information content (AvgIpc) is 1.41. The van der Waals surface area contributed by atoms with Gasteiger partial charge in [0, 0.05) is 9.52 Å². The molecular formula is C4H10Cl2SiZr. The number of allylic oxidation sites excluding steroid dienone is 1. The second-order valence-electron chi connectivity index (χ2n) is 1.08. The van der Waals surface area contributed by atoms with Crippen LogP contribution in [0.1, 0.15) is 0 Å². The Labute approximate surface area is 85.3 Å². The number of hydrogen-bond acceptors (Lipinski definition) is 0. The molecule has 4 heteroatoms. The smallest absolute Gasteiger partial charge is 1.00 e. The van der Waals surface area contributed by atoms with Crippen molar-refractivity contribution in [2.45, 2.75) is 12.6 Å². The van der Waals surface area contributed by atoms with Gasteiger partial charge in [-0.25, -0.2) is 0 Å². The van der Waals surface area contributed by atoms with E-state index in [1.165, 1.54) is 6.04 Å². The van der Waals surface area contributed by atoms with Crippen LogP contribution < -0.4 is 24.8 Å². The zero-order valence-corrected chi connectivity index (χ0v) is 10.3. The molecule has 0 fully saturated rings. The zero-order chi connectivity index (χ0) is 4.12. The van der Waals surface area contributed by atoms with E-state index in [4.69, 9.17) is 0 Å². The van der Waals surface area contributed by atoms with Crippen molar-refractivity contribution in [3.05, 3.63) is 12.7 Å². The summed E-state index contributed by atoms with van der Waals surface area (Å²) in [6.45, 7) is 5.86. The Balaban J connectivity index is -0.0000000267. The van der Waals surface area contributed by atoms with Crippen molar-refractivity contribution in [1.29, 1.82) is 0 Å². The van der Waals surface area contributed by atoms with Crippen LogP contribution in [-0.4, -0.2) is 9.52 Å². The predicted octanol–water partition coefficient (Wildman–Crippen LogP) is -5.19. The molecule has 0 saturated carbocycles. The van der Waals surface area contributed by atoms with Gasteiger partial charge in [0.05, 0.1) is 0 Å². The van der Waals surface area contributed by atoms with Crippen LogP contribution in [0.15, 0.2) is 12.7 Å². The standard InChI is InChI=1S/C4H10Si.2ClH.Zr/c1-3-4-5-2;;;/h3H,1,4-5H2,2H3;2*1H;/q;;;+2/p-2. The van der Waals surface area contributed by atoms with E-state index in [0.29, 0.717) is 9.52 Å². The van der Waals surface area contributed by atoms with Gasteiger partial charge in [-0.15, -0.1) is 6.58 Å². The quantitative estimate of drug-likeness (QED) is 0.339. The number of rotatable bonds is 2. The molecule has 0 bridgehead atoms. The third-order valence-corrected chi connectivity index (χ3v) is 1.48. The number of halogens is 2. The maximum Gasteiger partial charge on any atom is 2.00 e. The van der Waals surface area contributed by atoms with Crippen molar-refractivity contribution in [3.8, 4) is 0 Å². The summed E-state index contributed by atoms with van der Waals surface area (Å²) in [7, 11) is 0.296. The van der Waals surface area contributed by atoms with E-state index in [2.05, 4.69) is 13.1 Å². The van der Waals surface area contributed by atoms with Crippen LogP contribution in [0, 0.1) is 0 Å². The van der Waals surface area contributed by atoms with Crippen LogP contribution in [0.3, 0.4) is 0 Å². The first kappa shape index (κ1) is 22.7. The fraction of sp³-hybridized carbons (Fsp3) is 0.500. The maximum absolute atomic E-state index is 3.59. The second-order valence-corrected chi connectivity index (χ2v) is 2.65. The molecule has 0 nitrogen and oxygen atoms in total. The van der Waals surface area contributed by atoms with Gasteiger partial charge in [-0.3, -0.25) is 0 Å². The third-order valence-electron chi connectivity index (χ3n) is 0.493. The summed E-state index contributed by atoms with van der Waals surface area (Å²) in [5, 5.41) is 0. The number of hydrogen-bond donors (Lipinski definition) is 0. The van der Waals surface area contributed by atoms with Crippen LogP contribution in [-0.2, 0) is 26.2 Å². The summed E-state index contributed by atoms with van der Waals surface area (Å²) in [5.41, 5.74) is 0. The largest absolute Gasteiger partial charge is 2.00 e. The van der Waals surface area contributed by atoms with Crippen LogP contribution in [0.25, 0.3) is 0 Å². The van der Waals surface area contributed by atoms with E-state index in [1.54, 1.807) is 0 Å². The Hall–Kier alpha value is 1.42. The first-order valence-corrected chi connectivity index (χ1v) is 4.44. The first-order valence-electron chi connectivity index (χ1n) is 2.02. The molecule has 0 aromatic heterocycles. The normalized spacial score (nSPS) is 6.12. The molecule has 0 heterocycles. The Morgan fingerprint density at radius 2 is 1.88 bits per heavy atom. The maximum atomic E-state index is 3.59. The topological polar surface area (TPSA) is 0 Å². The molecule has 0 aliphatic rings. The van der Waals surface area contributed by atoms with E-state index in [1.807, 2.05) is 6.08 Å². The minimum atomic E-state index is 0. The molecule has 8 heavy (non-hydrogen) atoms. The molecule has 0 radical (unpaired) electrons. The second kappa shape index (κ2) is 23.7. The van der Waals surface area contributed by atoms with Gasteiger partial charge in [0.15, 0.2) is 0 Å². The summed E-state index contributed by atoms with van der Waals surface area (Å²) < 4.78 is 0. The molecule has 0 rings (SSSR count). The van der Waals surface area contributed by atoms with Crippen LogP contribution in [0.4, 0.5) is 0 Å². The van der Waals surface area contributed by atoms with Gasteiger partial charge in [-0.05, 0) is 6.04 Å². The Morgan fingerprint density at radius 3 is 1.88 bits per heavy atom. The molecule has 48 valence electrons. The molecular weight excluding hydrogens is 238 g/mol. The van der Waals surface area contributed by atoms with Gasteiger partial charge in [-0.2, -0.15) is 0 Å². The van der Waals surface area contributed by atoms with Crippen molar-refractivity contribution in [3.63, 3.8) is 0 Å². The molecule has 0 aromatic rings. The van der Waals surface area contributed by atoms with Gasteiger partial charge in [-0.1, -0.05) is 12.6 Å². The van der Waals surface area contributed by atoms with Crippen molar-refractivity contribution in [2.75, 3.05) is 0 Å². The molecule has 0 aliphatic heterocycles. The monoisotopic (exact) mass is 246 g/mol. The molecule has 0 aromatic carbocycles. The zero-order valence-electron chi connectivity index (χ0n) is 4.95. The molecule has 0 spiro atoms. The fourth-order valence-electron chi connectivity index (χ4n) is 0.204. The SMILES string of the molecule is C=CC[SiH2]C.[Cl-].[Cl-].[Zr+2]. The first-order chi connectivity index (χ1) is 2.41. The van der Waals surface area contributed by atoms with Gasteiger partial charge in [0.2, 0.25) is 0 Å². The van der Waals surface area contributed by atoms with E-state index in [0.717, 1.165) is 0 Å².